The van der Waals surface area contributed by atoms with Crippen molar-refractivity contribution in [3.05, 3.63) is 64.0 Å². The van der Waals surface area contributed by atoms with Crippen LogP contribution in [0.4, 0.5) is 32.7 Å². The Morgan fingerprint density at radius 1 is 1.12 bits per heavy atom. The maximum absolute atomic E-state index is 14.5. The maximum Gasteiger partial charge on any atom is 0.406 e. The molecule has 5 rings (SSSR count). The number of piperazine rings is 1. The fraction of sp³-hybridized carbons (Fsp3) is 0.348. The number of anilines is 1. The van der Waals surface area contributed by atoms with E-state index in [-0.39, 0.29) is 42.3 Å². The maximum atomic E-state index is 14.5. The first-order chi connectivity index (χ1) is 19.0. The van der Waals surface area contributed by atoms with Crippen molar-refractivity contribution < 1.29 is 26.7 Å². The first kappa shape index (κ1) is 26.7. The van der Waals surface area contributed by atoms with Gasteiger partial charge in [-0.05, 0) is 23.8 Å². The van der Waals surface area contributed by atoms with Gasteiger partial charge in [0, 0.05) is 38.8 Å². The summed E-state index contributed by atoms with van der Waals surface area (Å²) in [6, 6.07) is 4.70. The van der Waals surface area contributed by atoms with Gasteiger partial charge in [-0.25, -0.2) is 28.4 Å². The van der Waals surface area contributed by atoms with Crippen LogP contribution in [-0.2, 0) is 6.54 Å². The Labute approximate surface area is 222 Å². The molecule has 12 nitrogen and oxygen atoms in total. The summed E-state index contributed by atoms with van der Waals surface area (Å²) in [5.41, 5.74) is -0.672. The number of carbonyl (C=O) groups is 1. The van der Waals surface area contributed by atoms with Gasteiger partial charge in [-0.1, -0.05) is 0 Å². The number of halogens is 5. The Morgan fingerprint density at radius 2 is 1.88 bits per heavy atom. The van der Waals surface area contributed by atoms with Crippen molar-refractivity contribution in [1.29, 1.82) is 5.26 Å². The first-order valence-corrected chi connectivity index (χ1v) is 11.8. The molecule has 1 aromatic carbocycles. The van der Waals surface area contributed by atoms with Crippen molar-refractivity contribution in [2.24, 2.45) is 5.10 Å². The third kappa shape index (κ3) is 5.32. The van der Waals surface area contributed by atoms with Crippen molar-refractivity contribution in [3.8, 4) is 11.9 Å². The minimum absolute atomic E-state index is 0.0124. The lowest BCUT2D eigenvalue weighted by Gasteiger charge is -2.37. The molecule has 2 aromatic heterocycles. The van der Waals surface area contributed by atoms with E-state index in [2.05, 4.69) is 20.2 Å². The smallest absolute Gasteiger partial charge is 0.337 e. The molecule has 1 unspecified atom stereocenters. The standard InChI is InChI=1S/C23H19F5N10O2/c24-16-8-14(10-29)7-15(9-16)18-1-2-31-37(18)21(39)35-5-3-34(4-6-35)20-30-11-17(25)19(33-20)38-22(40)36(13-32-38)12-23(26,27)28/h2,7-9,11,13,18H,1,3-6,12H2. The average Bonchev–Trinajstić information content (AvgIpc) is 3.55. The number of nitrogens with zero attached hydrogens (tertiary/aromatic N) is 10. The quantitative estimate of drug-likeness (QED) is 0.446. The Kier molecular flexibility index (Phi) is 6.92. The van der Waals surface area contributed by atoms with Crippen LogP contribution in [0.5, 0.6) is 0 Å². The number of hydrogen-bond acceptors (Lipinski definition) is 8. The molecule has 1 fully saturated rings. The molecule has 2 aliphatic heterocycles. The second-order valence-electron chi connectivity index (χ2n) is 8.95. The molecule has 0 spiro atoms. The summed E-state index contributed by atoms with van der Waals surface area (Å²) in [6.45, 7) is -0.827. The average molecular weight is 562 g/mol. The van der Waals surface area contributed by atoms with Gasteiger partial charge in [0.05, 0.1) is 23.9 Å². The molecule has 0 saturated carbocycles. The second kappa shape index (κ2) is 10.4. The highest BCUT2D eigenvalue weighted by Crippen LogP contribution is 2.31. The largest absolute Gasteiger partial charge is 0.406 e. The van der Waals surface area contributed by atoms with Gasteiger partial charge in [-0.3, -0.25) is 4.57 Å². The summed E-state index contributed by atoms with van der Waals surface area (Å²) < 4.78 is 67.2. The van der Waals surface area contributed by atoms with Gasteiger partial charge in [0.2, 0.25) is 5.95 Å². The monoisotopic (exact) mass is 562 g/mol. The minimum Gasteiger partial charge on any atom is -0.337 e. The Balaban J connectivity index is 1.28. The zero-order valence-electron chi connectivity index (χ0n) is 20.5. The van der Waals surface area contributed by atoms with Gasteiger partial charge >= 0.3 is 17.9 Å². The number of nitriles is 1. The second-order valence-corrected chi connectivity index (χ2v) is 8.95. The van der Waals surface area contributed by atoms with E-state index in [1.54, 1.807) is 4.90 Å². The van der Waals surface area contributed by atoms with E-state index < -0.39 is 47.9 Å². The lowest BCUT2D eigenvalue weighted by atomic mass is 10.0. The topological polar surface area (TPSA) is 129 Å². The summed E-state index contributed by atoms with van der Waals surface area (Å²) in [4.78, 5) is 36.6. The van der Waals surface area contributed by atoms with Crippen molar-refractivity contribution in [2.45, 2.75) is 25.2 Å². The zero-order valence-corrected chi connectivity index (χ0v) is 20.5. The van der Waals surface area contributed by atoms with Gasteiger partial charge in [-0.15, -0.1) is 0 Å². The van der Waals surface area contributed by atoms with E-state index >= 15 is 0 Å². The van der Waals surface area contributed by atoms with Crippen LogP contribution in [0.3, 0.4) is 0 Å². The van der Waals surface area contributed by atoms with E-state index in [0.717, 1.165) is 12.3 Å². The molecule has 1 atom stereocenters. The lowest BCUT2D eigenvalue weighted by molar-refractivity contribution is -0.141. The molecule has 0 bridgehead atoms. The molecular weight excluding hydrogens is 543 g/mol. The van der Waals surface area contributed by atoms with E-state index in [0.29, 0.717) is 23.0 Å². The van der Waals surface area contributed by atoms with Crippen molar-refractivity contribution in [3.63, 3.8) is 0 Å². The van der Waals surface area contributed by atoms with Crippen LogP contribution in [0.25, 0.3) is 5.82 Å². The fourth-order valence-electron chi connectivity index (χ4n) is 4.42. The number of carbonyl (C=O) groups excluding carboxylic acids is 1. The van der Waals surface area contributed by atoms with Crippen LogP contribution in [-0.4, -0.2) is 78.8 Å². The number of alkyl halides is 3. The Morgan fingerprint density at radius 3 is 2.58 bits per heavy atom. The highest BCUT2D eigenvalue weighted by molar-refractivity contribution is 5.78. The van der Waals surface area contributed by atoms with Gasteiger partial charge in [0.25, 0.3) is 0 Å². The Bertz CT molecular complexity index is 1570. The summed E-state index contributed by atoms with van der Waals surface area (Å²) >= 11 is 0. The molecule has 2 aliphatic rings. The molecule has 208 valence electrons. The third-order valence-electron chi connectivity index (χ3n) is 6.29. The zero-order chi connectivity index (χ0) is 28.6. The number of aromatic nitrogens is 5. The summed E-state index contributed by atoms with van der Waals surface area (Å²) in [5.74, 6) is -2.29. The number of rotatable bonds is 4. The highest BCUT2D eigenvalue weighted by atomic mass is 19.4. The molecule has 0 N–H and O–H groups in total. The highest BCUT2D eigenvalue weighted by Gasteiger charge is 2.34. The molecule has 3 aromatic rings. The molecule has 1 saturated heterocycles. The van der Waals surface area contributed by atoms with E-state index in [1.807, 2.05) is 6.07 Å². The third-order valence-corrected chi connectivity index (χ3v) is 6.29. The fourth-order valence-corrected chi connectivity index (χ4v) is 4.42. The van der Waals surface area contributed by atoms with Gasteiger partial charge in [0.1, 0.15) is 18.7 Å². The van der Waals surface area contributed by atoms with E-state index in [4.69, 9.17) is 5.26 Å². The van der Waals surface area contributed by atoms with Crippen molar-refractivity contribution in [1.82, 2.24) is 34.2 Å². The molecule has 4 heterocycles. The predicted octanol–water partition coefficient (Wildman–Crippen LogP) is 2.21. The van der Waals surface area contributed by atoms with Crippen LogP contribution < -0.4 is 10.6 Å². The van der Waals surface area contributed by atoms with Crippen LogP contribution in [0, 0.1) is 23.0 Å². The van der Waals surface area contributed by atoms with E-state index in [9.17, 15) is 31.5 Å². The van der Waals surface area contributed by atoms with Crippen LogP contribution in [0.1, 0.15) is 23.6 Å². The molecule has 2 amide bonds. The lowest BCUT2D eigenvalue weighted by Crippen LogP contribution is -2.52. The van der Waals surface area contributed by atoms with Crippen LogP contribution in [0.2, 0.25) is 0 Å². The summed E-state index contributed by atoms with van der Waals surface area (Å²) in [6.07, 6.45) is -1.39. The first-order valence-electron chi connectivity index (χ1n) is 11.8. The van der Waals surface area contributed by atoms with Crippen LogP contribution >= 0.6 is 0 Å². The van der Waals surface area contributed by atoms with Crippen molar-refractivity contribution >= 4 is 18.2 Å². The number of benzene rings is 1. The molecule has 0 aliphatic carbocycles. The molecule has 0 radical (unpaired) electrons. The van der Waals surface area contributed by atoms with Gasteiger partial charge < -0.3 is 9.80 Å². The van der Waals surface area contributed by atoms with Crippen molar-refractivity contribution in [2.75, 3.05) is 31.1 Å². The molecule has 40 heavy (non-hydrogen) atoms. The van der Waals surface area contributed by atoms with Crippen LogP contribution in [0.15, 0.2) is 40.6 Å². The van der Waals surface area contributed by atoms with Gasteiger partial charge in [0.15, 0.2) is 11.6 Å². The Hall–Kier alpha value is -4.88. The normalized spacial score (nSPS) is 17.4. The molecular formula is C23H19F5N10O2. The van der Waals surface area contributed by atoms with E-state index in [1.165, 1.54) is 28.3 Å². The van der Waals surface area contributed by atoms with Gasteiger partial charge in [-0.2, -0.15) is 38.3 Å². The predicted molar refractivity (Wildman–Crippen MR) is 127 cm³/mol. The number of hydrazone groups is 1. The number of hydrogen-bond donors (Lipinski definition) is 0. The SMILES string of the molecule is N#Cc1cc(F)cc(C2CC=NN2C(=O)N2CCN(c3ncc(F)c(-n4ncn(CC(F)(F)F)c4=O)n3)CC2)c1. The minimum atomic E-state index is -4.68. The summed E-state index contributed by atoms with van der Waals surface area (Å²) in [7, 11) is 0. The summed E-state index contributed by atoms with van der Waals surface area (Å²) in [5, 5.41) is 18.1. The number of urea groups is 1. The molecule has 17 heteroatoms. The number of amides is 2.